The zero-order valence-corrected chi connectivity index (χ0v) is 19.0. The molecule has 1 aliphatic rings. The lowest BCUT2D eigenvalue weighted by Crippen LogP contribution is -2.50. The molecular formula is C25H32N2O5. The summed E-state index contributed by atoms with van der Waals surface area (Å²) in [6.45, 7) is 7.58. The minimum absolute atomic E-state index is 0.0549. The third-order valence-electron chi connectivity index (χ3n) is 5.67. The zero-order chi connectivity index (χ0) is 23.1. The molecule has 1 unspecified atom stereocenters. The fourth-order valence-corrected chi connectivity index (χ4v) is 3.67. The van der Waals surface area contributed by atoms with E-state index in [-0.39, 0.29) is 12.5 Å². The van der Waals surface area contributed by atoms with E-state index in [4.69, 9.17) is 4.74 Å². The summed E-state index contributed by atoms with van der Waals surface area (Å²) in [7, 11) is 1.34. The van der Waals surface area contributed by atoms with Crippen LogP contribution in [0.1, 0.15) is 46.0 Å². The van der Waals surface area contributed by atoms with Gasteiger partial charge in [0.1, 0.15) is 18.5 Å². The molecule has 1 aliphatic heterocycles. The molecule has 0 saturated carbocycles. The van der Waals surface area contributed by atoms with Gasteiger partial charge in [0.25, 0.3) is 5.91 Å². The Morgan fingerprint density at radius 2 is 1.53 bits per heavy atom. The molecule has 2 aromatic rings. The molecule has 0 bridgehead atoms. The smallest absolute Gasteiger partial charge is 0.337 e. The minimum Gasteiger partial charge on any atom is -0.491 e. The first-order chi connectivity index (χ1) is 15.4. The lowest BCUT2D eigenvalue weighted by molar-refractivity contribution is 0.0403. The summed E-state index contributed by atoms with van der Waals surface area (Å²) in [4.78, 5) is 28.2. The number of carbonyl (C=O) groups excluding carboxylic acids is 2. The van der Waals surface area contributed by atoms with Gasteiger partial charge in [-0.25, -0.2) is 4.79 Å². The quantitative estimate of drug-likeness (QED) is 0.636. The topological polar surface area (TPSA) is 79.3 Å². The second-order valence-electron chi connectivity index (χ2n) is 8.35. The van der Waals surface area contributed by atoms with Crippen molar-refractivity contribution in [2.75, 3.05) is 46.4 Å². The first-order valence-electron chi connectivity index (χ1n) is 11.0. The van der Waals surface area contributed by atoms with Gasteiger partial charge in [-0.05, 0) is 47.9 Å². The van der Waals surface area contributed by atoms with E-state index >= 15 is 0 Å². The number of ether oxygens (including phenoxy) is 2. The van der Waals surface area contributed by atoms with Gasteiger partial charge in [0, 0.05) is 38.3 Å². The Balaban J connectivity index is 1.41. The molecule has 32 heavy (non-hydrogen) atoms. The largest absolute Gasteiger partial charge is 0.491 e. The number of amides is 1. The van der Waals surface area contributed by atoms with Crippen LogP contribution in [-0.4, -0.2) is 79.3 Å². The summed E-state index contributed by atoms with van der Waals surface area (Å²) in [6, 6.07) is 14.5. The number of aliphatic hydroxyl groups excluding tert-OH is 1. The molecule has 0 aliphatic carbocycles. The Hall–Kier alpha value is -2.90. The van der Waals surface area contributed by atoms with E-state index in [9.17, 15) is 14.7 Å². The van der Waals surface area contributed by atoms with Gasteiger partial charge in [0.05, 0.1) is 12.7 Å². The van der Waals surface area contributed by atoms with E-state index in [1.165, 1.54) is 12.7 Å². The lowest BCUT2D eigenvalue weighted by atomic mass is 10.0. The molecule has 0 radical (unpaired) electrons. The molecule has 0 spiro atoms. The van der Waals surface area contributed by atoms with Crippen molar-refractivity contribution in [3.05, 3.63) is 65.2 Å². The Bertz CT molecular complexity index is 888. The second kappa shape index (κ2) is 11.1. The van der Waals surface area contributed by atoms with Crippen LogP contribution >= 0.6 is 0 Å². The van der Waals surface area contributed by atoms with Crippen LogP contribution in [0.15, 0.2) is 48.5 Å². The van der Waals surface area contributed by atoms with Crippen LogP contribution in [0.5, 0.6) is 5.75 Å². The first-order valence-corrected chi connectivity index (χ1v) is 11.0. The maximum absolute atomic E-state index is 12.8. The van der Waals surface area contributed by atoms with E-state index in [0.717, 1.165) is 5.56 Å². The van der Waals surface area contributed by atoms with Crippen molar-refractivity contribution in [2.24, 2.45) is 0 Å². The van der Waals surface area contributed by atoms with Crippen molar-refractivity contribution >= 4 is 11.9 Å². The number of benzene rings is 2. The van der Waals surface area contributed by atoms with Crippen molar-refractivity contribution in [3.8, 4) is 5.75 Å². The van der Waals surface area contributed by atoms with E-state index < -0.39 is 12.1 Å². The molecule has 1 N–H and O–H groups in total. The number of hydrogen-bond donors (Lipinski definition) is 1. The molecule has 172 valence electrons. The monoisotopic (exact) mass is 440 g/mol. The normalized spacial score (nSPS) is 15.5. The highest BCUT2D eigenvalue weighted by atomic mass is 16.5. The third kappa shape index (κ3) is 6.31. The fourth-order valence-electron chi connectivity index (χ4n) is 3.67. The Morgan fingerprint density at radius 1 is 0.938 bits per heavy atom. The van der Waals surface area contributed by atoms with E-state index in [1.807, 2.05) is 29.2 Å². The lowest BCUT2D eigenvalue weighted by Gasteiger charge is -2.35. The molecule has 7 nitrogen and oxygen atoms in total. The number of hydrogen-bond acceptors (Lipinski definition) is 6. The van der Waals surface area contributed by atoms with Crippen LogP contribution in [0.3, 0.4) is 0 Å². The minimum atomic E-state index is -0.652. The summed E-state index contributed by atoms with van der Waals surface area (Å²) in [5, 5.41) is 10.3. The summed E-state index contributed by atoms with van der Waals surface area (Å²) in [5.41, 5.74) is 2.39. The van der Waals surface area contributed by atoms with Crippen LogP contribution in [0.4, 0.5) is 0 Å². The Kier molecular flexibility index (Phi) is 8.25. The van der Waals surface area contributed by atoms with Gasteiger partial charge < -0.3 is 19.5 Å². The van der Waals surface area contributed by atoms with Crippen LogP contribution in [-0.2, 0) is 4.74 Å². The van der Waals surface area contributed by atoms with E-state index in [0.29, 0.717) is 50.0 Å². The number of methoxy groups -OCH3 is 1. The molecule has 1 saturated heterocycles. The molecule has 1 amide bonds. The van der Waals surface area contributed by atoms with E-state index in [1.54, 1.807) is 24.3 Å². The molecule has 0 aromatic heterocycles. The number of rotatable bonds is 8. The van der Waals surface area contributed by atoms with Gasteiger partial charge in [-0.15, -0.1) is 0 Å². The van der Waals surface area contributed by atoms with Crippen molar-refractivity contribution in [1.82, 2.24) is 9.80 Å². The molecule has 2 aromatic carbocycles. The standard InChI is InChI=1S/C25H32N2O5/c1-18(2)19-4-6-20(7-5-19)24(29)27-14-12-26(13-15-27)16-22(28)17-32-23-10-8-21(9-11-23)25(30)31-3/h4-11,18,22,28H,12-17H2,1-3H3. The van der Waals surface area contributed by atoms with Gasteiger partial charge in [-0.1, -0.05) is 26.0 Å². The van der Waals surface area contributed by atoms with Crippen molar-refractivity contribution in [1.29, 1.82) is 0 Å². The maximum Gasteiger partial charge on any atom is 0.337 e. The maximum atomic E-state index is 12.8. The molecular weight excluding hydrogens is 408 g/mol. The Morgan fingerprint density at radius 3 is 2.09 bits per heavy atom. The van der Waals surface area contributed by atoms with Gasteiger partial charge in [0.15, 0.2) is 0 Å². The SMILES string of the molecule is COC(=O)c1ccc(OCC(O)CN2CCN(C(=O)c3ccc(C(C)C)cc3)CC2)cc1. The number of piperazine rings is 1. The highest BCUT2D eigenvalue weighted by Gasteiger charge is 2.23. The van der Waals surface area contributed by atoms with Gasteiger partial charge in [0.2, 0.25) is 0 Å². The number of aliphatic hydroxyl groups is 1. The molecule has 1 heterocycles. The predicted molar refractivity (Wildman–Crippen MR) is 122 cm³/mol. The number of esters is 1. The summed E-state index contributed by atoms with van der Waals surface area (Å²) in [6.07, 6.45) is -0.652. The molecule has 3 rings (SSSR count). The average Bonchev–Trinajstić information content (AvgIpc) is 2.82. The fraction of sp³-hybridized carbons (Fsp3) is 0.440. The van der Waals surface area contributed by atoms with Gasteiger partial charge in [-0.3, -0.25) is 9.69 Å². The molecule has 1 fully saturated rings. The third-order valence-corrected chi connectivity index (χ3v) is 5.67. The highest BCUT2D eigenvalue weighted by Crippen LogP contribution is 2.17. The van der Waals surface area contributed by atoms with Crippen LogP contribution < -0.4 is 4.74 Å². The zero-order valence-electron chi connectivity index (χ0n) is 19.0. The van der Waals surface area contributed by atoms with Crippen molar-refractivity contribution in [2.45, 2.75) is 25.9 Å². The van der Waals surface area contributed by atoms with Gasteiger partial charge >= 0.3 is 5.97 Å². The average molecular weight is 441 g/mol. The molecule has 1 atom stereocenters. The number of carbonyl (C=O) groups is 2. The van der Waals surface area contributed by atoms with Gasteiger partial charge in [-0.2, -0.15) is 0 Å². The first kappa shape index (κ1) is 23.8. The van der Waals surface area contributed by atoms with Crippen LogP contribution in [0.25, 0.3) is 0 Å². The Labute approximate surface area is 189 Å². The van der Waals surface area contributed by atoms with E-state index in [2.05, 4.69) is 23.5 Å². The predicted octanol–water partition coefficient (Wildman–Crippen LogP) is 2.79. The number of nitrogens with zero attached hydrogens (tertiary/aromatic N) is 2. The van der Waals surface area contributed by atoms with Crippen molar-refractivity contribution < 1.29 is 24.2 Å². The summed E-state index contributed by atoms with van der Waals surface area (Å²) < 4.78 is 10.3. The van der Waals surface area contributed by atoms with Crippen LogP contribution in [0, 0.1) is 0 Å². The summed E-state index contributed by atoms with van der Waals surface area (Å²) >= 11 is 0. The second-order valence-corrected chi connectivity index (χ2v) is 8.35. The van der Waals surface area contributed by atoms with Crippen molar-refractivity contribution in [3.63, 3.8) is 0 Å². The molecule has 7 heteroatoms. The number of β-amino-alcohol motifs (C(OH)–C–C–N with tert-alkyl or cyclic N) is 1. The summed E-state index contributed by atoms with van der Waals surface area (Å²) in [5.74, 6) is 0.675. The highest BCUT2D eigenvalue weighted by molar-refractivity contribution is 5.94. The van der Waals surface area contributed by atoms with Crippen LogP contribution in [0.2, 0.25) is 0 Å².